The first-order valence-corrected chi connectivity index (χ1v) is 8.04. The fourth-order valence-electron chi connectivity index (χ4n) is 2.50. The Kier molecular flexibility index (Phi) is 5.01. The Balaban J connectivity index is 1.52. The van der Waals surface area contributed by atoms with Crippen molar-refractivity contribution in [1.82, 2.24) is 14.7 Å². The number of amides is 1. The van der Waals surface area contributed by atoms with Crippen LogP contribution in [0, 0.1) is 0 Å². The molecule has 0 aliphatic carbocycles. The van der Waals surface area contributed by atoms with Crippen LogP contribution >= 0.6 is 11.6 Å². The van der Waals surface area contributed by atoms with Crippen LogP contribution in [0.2, 0.25) is 5.02 Å². The zero-order valence-corrected chi connectivity index (χ0v) is 14.1. The van der Waals surface area contributed by atoms with E-state index in [1.807, 2.05) is 53.2 Å². The van der Waals surface area contributed by atoms with Crippen molar-refractivity contribution in [3.63, 3.8) is 0 Å². The molecule has 0 saturated carbocycles. The summed E-state index contributed by atoms with van der Waals surface area (Å²) in [6.07, 6.45) is 4.74. The molecule has 2 heterocycles. The van der Waals surface area contributed by atoms with Crippen molar-refractivity contribution in [1.29, 1.82) is 0 Å². The van der Waals surface area contributed by atoms with Crippen LogP contribution < -0.4 is 10.1 Å². The van der Waals surface area contributed by atoms with Crippen LogP contribution in [0.4, 0.5) is 0 Å². The number of carbonyl (C=O) groups is 1. The van der Waals surface area contributed by atoms with Gasteiger partial charge in [-0.15, -0.1) is 0 Å². The number of methoxy groups -OCH3 is 1. The maximum absolute atomic E-state index is 12.0. The van der Waals surface area contributed by atoms with Crippen molar-refractivity contribution in [2.24, 2.45) is 0 Å². The predicted molar refractivity (Wildman–Crippen MR) is 93.6 cm³/mol. The fourth-order valence-corrected chi connectivity index (χ4v) is 2.67. The average molecular weight is 344 g/mol. The number of carbonyl (C=O) groups excluding carboxylic acids is 1. The lowest BCUT2D eigenvalue weighted by Crippen LogP contribution is -2.27. The Labute approximate surface area is 145 Å². The van der Waals surface area contributed by atoms with Crippen molar-refractivity contribution in [2.45, 2.75) is 12.8 Å². The third-order valence-corrected chi connectivity index (χ3v) is 3.89. The second-order valence-corrected chi connectivity index (χ2v) is 5.91. The summed E-state index contributed by atoms with van der Waals surface area (Å²) in [5.41, 5.74) is 2.69. The van der Waals surface area contributed by atoms with Crippen LogP contribution in [-0.2, 0) is 17.6 Å². The summed E-state index contributed by atoms with van der Waals surface area (Å²) in [4.78, 5) is 16.5. The molecule has 0 fully saturated rings. The van der Waals surface area contributed by atoms with Crippen LogP contribution in [0.5, 0.6) is 5.75 Å². The van der Waals surface area contributed by atoms with E-state index >= 15 is 0 Å². The molecule has 1 N–H and O–H groups in total. The number of halogens is 1. The molecular formula is C18H18ClN3O2. The van der Waals surface area contributed by atoms with Crippen molar-refractivity contribution < 1.29 is 9.53 Å². The van der Waals surface area contributed by atoms with Crippen molar-refractivity contribution in [3.8, 4) is 5.75 Å². The molecule has 0 radical (unpaired) electrons. The molecule has 24 heavy (non-hydrogen) atoms. The van der Waals surface area contributed by atoms with E-state index in [1.54, 1.807) is 7.11 Å². The third kappa shape index (κ3) is 4.06. The summed E-state index contributed by atoms with van der Waals surface area (Å²) in [6, 6.07) is 11.2. The van der Waals surface area contributed by atoms with Gasteiger partial charge in [-0.3, -0.25) is 4.79 Å². The van der Waals surface area contributed by atoms with Crippen LogP contribution in [0.15, 0.2) is 48.8 Å². The monoisotopic (exact) mass is 343 g/mol. The number of imidazole rings is 1. The molecule has 6 heteroatoms. The van der Waals surface area contributed by atoms with Gasteiger partial charge in [0.2, 0.25) is 5.91 Å². The van der Waals surface area contributed by atoms with Gasteiger partial charge in [0.25, 0.3) is 0 Å². The Morgan fingerprint density at radius 3 is 3.00 bits per heavy atom. The molecule has 0 unspecified atom stereocenters. The van der Waals surface area contributed by atoms with Crippen molar-refractivity contribution in [2.75, 3.05) is 13.7 Å². The van der Waals surface area contributed by atoms with Crippen molar-refractivity contribution >= 4 is 23.2 Å². The highest BCUT2D eigenvalue weighted by Crippen LogP contribution is 2.13. The quantitative estimate of drug-likeness (QED) is 0.748. The van der Waals surface area contributed by atoms with E-state index in [9.17, 15) is 4.79 Å². The number of aromatic nitrogens is 2. The van der Waals surface area contributed by atoms with Crippen LogP contribution in [0.25, 0.3) is 5.65 Å². The molecule has 3 aromatic rings. The highest BCUT2D eigenvalue weighted by molar-refractivity contribution is 6.30. The summed E-state index contributed by atoms with van der Waals surface area (Å²) in [5.74, 6) is 0.735. The SMILES string of the molecule is COc1cccc(CC(=O)NCCc2cn3cc(Cl)ccc3n2)c1. The van der Waals surface area contributed by atoms with Gasteiger partial charge in [-0.1, -0.05) is 23.7 Å². The van der Waals surface area contributed by atoms with Gasteiger partial charge in [-0.25, -0.2) is 4.98 Å². The number of nitrogens with one attached hydrogen (secondary N) is 1. The first-order chi connectivity index (χ1) is 11.6. The van der Waals surface area contributed by atoms with E-state index in [2.05, 4.69) is 10.3 Å². The molecule has 1 amide bonds. The summed E-state index contributed by atoms with van der Waals surface area (Å²) in [5, 5.41) is 3.58. The summed E-state index contributed by atoms with van der Waals surface area (Å²) < 4.78 is 7.05. The lowest BCUT2D eigenvalue weighted by Gasteiger charge is -2.06. The Bertz CT molecular complexity index is 860. The van der Waals surface area contributed by atoms with E-state index in [4.69, 9.17) is 16.3 Å². The van der Waals surface area contributed by atoms with Gasteiger partial charge < -0.3 is 14.5 Å². The lowest BCUT2D eigenvalue weighted by atomic mass is 10.1. The smallest absolute Gasteiger partial charge is 0.224 e. The Hall–Kier alpha value is -2.53. The van der Waals surface area contributed by atoms with E-state index in [-0.39, 0.29) is 5.91 Å². The topological polar surface area (TPSA) is 55.6 Å². The molecular weight excluding hydrogens is 326 g/mol. The van der Waals surface area contributed by atoms with Gasteiger partial charge >= 0.3 is 0 Å². The van der Waals surface area contributed by atoms with E-state index in [1.165, 1.54) is 0 Å². The van der Waals surface area contributed by atoms with Gasteiger partial charge in [0.05, 0.1) is 24.2 Å². The predicted octanol–water partition coefficient (Wildman–Crippen LogP) is 2.90. The second-order valence-electron chi connectivity index (χ2n) is 5.47. The molecule has 0 atom stereocenters. The minimum absolute atomic E-state index is 0.0185. The zero-order valence-electron chi connectivity index (χ0n) is 13.3. The maximum Gasteiger partial charge on any atom is 0.224 e. The minimum atomic E-state index is -0.0185. The van der Waals surface area contributed by atoms with Gasteiger partial charge in [-0.05, 0) is 29.8 Å². The van der Waals surface area contributed by atoms with E-state index < -0.39 is 0 Å². The third-order valence-electron chi connectivity index (χ3n) is 3.67. The normalized spacial score (nSPS) is 10.8. The number of ether oxygens (including phenoxy) is 1. The van der Waals surface area contributed by atoms with Gasteiger partial charge in [0, 0.05) is 25.4 Å². The molecule has 1 aromatic carbocycles. The number of nitrogens with zero attached hydrogens (tertiary/aromatic N) is 2. The zero-order chi connectivity index (χ0) is 16.9. The minimum Gasteiger partial charge on any atom is -0.497 e. The lowest BCUT2D eigenvalue weighted by molar-refractivity contribution is -0.120. The summed E-state index contributed by atoms with van der Waals surface area (Å²) in [6.45, 7) is 0.542. The Morgan fingerprint density at radius 1 is 1.29 bits per heavy atom. The number of benzene rings is 1. The number of hydrogen-bond acceptors (Lipinski definition) is 3. The fraction of sp³-hybridized carbons (Fsp3) is 0.222. The maximum atomic E-state index is 12.0. The highest BCUT2D eigenvalue weighted by atomic mass is 35.5. The summed E-state index contributed by atoms with van der Waals surface area (Å²) in [7, 11) is 1.61. The van der Waals surface area contributed by atoms with E-state index in [0.29, 0.717) is 24.4 Å². The first-order valence-electron chi connectivity index (χ1n) is 7.67. The number of hydrogen-bond donors (Lipinski definition) is 1. The van der Waals surface area contributed by atoms with Crippen LogP contribution in [-0.4, -0.2) is 28.9 Å². The first kappa shape index (κ1) is 16.3. The average Bonchev–Trinajstić information content (AvgIpc) is 2.96. The Morgan fingerprint density at radius 2 is 2.17 bits per heavy atom. The molecule has 3 rings (SSSR count). The molecule has 2 aromatic heterocycles. The summed E-state index contributed by atoms with van der Waals surface area (Å²) >= 11 is 5.96. The highest BCUT2D eigenvalue weighted by Gasteiger charge is 2.06. The molecule has 0 aliphatic rings. The number of rotatable bonds is 6. The standard InChI is InChI=1S/C18H18ClN3O2/c1-24-16-4-2-3-13(9-16)10-18(23)20-8-7-15-12-22-11-14(19)5-6-17(22)21-15/h2-6,9,11-12H,7-8,10H2,1H3,(H,20,23). The van der Waals surface area contributed by atoms with Gasteiger partial charge in [0.15, 0.2) is 0 Å². The molecule has 5 nitrogen and oxygen atoms in total. The molecule has 0 saturated heterocycles. The molecule has 0 bridgehead atoms. The van der Waals surface area contributed by atoms with Gasteiger partial charge in [-0.2, -0.15) is 0 Å². The van der Waals surface area contributed by atoms with Crippen LogP contribution in [0.1, 0.15) is 11.3 Å². The molecule has 0 aliphatic heterocycles. The van der Waals surface area contributed by atoms with Crippen molar-refractivity contribution in [3.05, 3.63) is 65.1 Å². The second kappa shape index (κ2) is 7.36. The van der Waals surface area contributed by atoms with Crippen LogP contribution in [0.3, 0.4) is 0 Å². The molecule has 0 spiro atoms. The largest absolute Gasteiger partial charge is 0.497 e. The van der Waals surface area contributed by atoms with E-state index in [0.717, 1.165) is 22.7 Å². The number of fused-ring (bicyclic) bond motifs is 1. The van der Waals surface area contributed by atoms with Gasteiger partial charge in [0.1, 0.15) is 11.4 Å². The number of pyridine rings is 1. The molecule has 124 valence electrons.